The SMILES string of the molecule is O=C(CCNCCc1ccccc1)N1CCN(Cc2ccc3c(c2)OCO3)CC1. The molecule has 0 unspecified atom stereocenters. The Bertz CT molecular complexity index is 804. The van der Waals surface area contributed by atoms with Crippen molar-refractivity contribution in [3.05, 3.63) is 59.7 Å². The fourth-order valence-electron chi connectivity index (χ4n) is 3.81. The van der Waals surface area contributed by atoms with Gasteiger partial charge in [0.15, 0.2) is 11.5 Å². The van der Waals surface area contributed by atoms with Crippen molar-refractivity contribution >= 4 is 5.91 Å². The van der Waals surface area contributed by atoms with Gasteiger partial charge in [-0.3, -0.25) is 9.69 Å². The number of piperazine rings is 1. The molecule has 29 heavy (non-hydrogen) atoms. The third-order valence-electron chi connectivity index (χ3n) is 5.52. The number of benzene rings is 2. The Balaban J connectivity index is 1.12. The van der Waals surface area contributed by atoms with Crippen LogP contribution in [0.1, 0.15) is 17.5 Å². The molecule has 2 heterocycles. The second-order valence-corrected chi connectivity index (χ2v) is 7.58. The molecule has 0 spiro atoms. The summed E-state index contributed by atoms with van der Waals surface area (Å²) in [4.78, 5) is 16.8. The van der Waals surface area contributed by atoms with Crippen LogP contribution < -0.4 is 14.8 Å². The lowest BCUT2D eigenvalue weighted by Crippen LogP contribution is -2.48. The van der Waals surface area contributed by atoms with Crippen molar-refractivity contribution in [1.29, 1.82) is 0 Å². The lowest BCUT2D eigenvalue weighted by Gasteiger charge is -2.34. The van der Waals surface area contributed by atoms with Gasteiger partial charge in [-0.05, 0) is 36.2 Å². The van der Waals surface area contributed by atoms with Crippen LogP contribution in [0.25, 0.3) is 0 Å². The number of rotatable bonds is 8. The maximum Gasteiger partial charge on any atom is 0.231 e. The van der Waals surface area contributed by atoms with E-state index in [9.17, 15) is 4.79 Å². The van der Waals surface area contributed by atoms with Crippen molar-refractivity contribution < 1.29 is 14.3 Å². The number of nitrogens with zero attached hydrogens (tertiary/aromatic N) is 2. The molecule has 0 aliphatic carbocycles. The zero-order chi connectivity index (χ0) is 19.9. The average Bonchev–Trinajstić information content (AvgIpc) is 3.22. The van der Waals surface area contributed by atoms with Crippen molar-refractivity contribution in [2.75, 3.05) is 46.1 Å². The van der Waals surface area contributed by atoms with Crippen molar-refractivity contribution in [2.45, 2.75) is 19.4 Å². The van der Waals surface area contributed by atoms with Crippen LogP contribution in [0.15, 0.2) is 48.5 Å². The second-order valence-electron chi connectivity index (χ2n) is 7.58. The molecule has 0 atom stereocenters. The summed E-state index contributed by atoms with van der Waals surface area (Å²) in [6, 6.07) is 16.5. The number of hydrogen-bond acceptors (Lipinski definition) is 5. The van der Waals surface area contributed by atoms with E-state index in [-0.39, 0.29) is 5.91 Å². The molecule has 1 saturated heterocycles. The number of ether oxygens (including phenoxy) is 2. The van der Waals surface area contributed by atoms with Gasteiger partial charge in [-0.1, -0.05) is 36.4 Å². The summed E-state index contributed by atoms with van der Waals surface area (Å²) in [5.74, 6) is 1.90. The third kappa shape index (κ3) is 5.49. The minimum Gasteiger partial charge on any atom is -0.454 e. The molecular weight excluding hydrogens is 366 g/mol. The summed E-state index contributed by atoms with van der Waals surface area (Å²) in [7, 11) is 0. The average molecular weight is 396 g/mol. The predicted octanol–water partition coefficient (Wildman–Crippen LogP) is 2.28. The Hall–Kier alpha value is -2.57. The number of nitrogens with one attached hydrogen (secondary N) is 1. The van der Waals surface area contributed by atoms with Crippen LogP contribution in [-0.2, 0) is 17.8 Å². The standard InChI is InChI=1S/C23H29N3O3/c27-23(9-11-24-10-8-19-4-2-1-3-5-19)26-14-12-25(13-15-26)17-20-6-7-21-22(16-20)29-18-28-21/h1-7,16,24H,8-15,17-18H2. The van der Waals surface area contributed by atoms with Crippen LogP contribution in [0.2, 0.25) is 0 Å². The predicted molar refractivity (Wildman–Crippen MR) is 112 cm³/mol. The second kappa shape index (κ2) is 9.76. The van der Waals surface area contributed by atoms with E-state index < -0.39 is 0 Å². The molecule has 1 fully saturated rings. The molecule has 1 amide bonds. The van der Waals surface area contributed by atoms with Gasteiger partial charge in [0.1, 0.15) is 0 Å². The number of amides is 1. The van der Waals surface area contributed by atoms with Crippen LogP contribution in [-0.4, -0.2) is 61.8 Å². The van der Waals surface area contributed by atoms with Crippen LogP contribution >= 0.6 is 0 Å². The van der Waals surface area contributed by atoms with Crippen LogP contribution in [0.5, 0.6) is 11.5 Å². The molecule has 4 rings (SSSR count). The molecule has 1 N–H and O–H groups in total. The van der Waals surface area contributed by atoms with Crippen LogP contribution in [0, 0.1) is 0 Å². The molecular formula is C23H29N3O3. The smallest absolute Gasteiger partial charge is 0.231 e. The highest BCUT2D eigenvalue weighted by Crippen LogP contribution is 2.32. The molecule has 6 heteroatoms. The number of carbonyl (C=O) groups is 1. The molecule has 0 saturated carbocycles. The van der Waals surface area contributed by atoms with E-state index in [2.05, 4.69) is 46.6 Å². The highest BCUT2D eigenvalue weighted by atomic mass is 16.7. The van der Waals surface area contributed by atoms with E-state index in [0.717, 1.165) is 63.7 Å². The van der Waals surface area contributed by atoms with E-state index in [0.29, 0.717) is 13.2 Å². The van der Waals surface area contributed by atoms with Gasteiger partial charge in [0.25, 0.3) is 0 Å². The number of carbonyl (C=O) groups excluding carboxylic acids is 1. The minimum atomic E-state index is 0.250. The first-order valence-electron chi connectivity index (χ1n) is 10.4. The maximum absolute atomic E-state index is 12.5. The highest BCUT2D eigenvalue weighted by Gasteiger charge is 2.21. The zero-order valence-electron chi connectivity index (χ0n) is 16.8. The van der Waals surface area contributed by atoms with Gasteiger partial charge in [-0.25, -0.2) is 0 Å². The molecule has 0 radical (unpaired) electrons. The maximum atomic E-state index is 12.5. The Kier molecular flexibility index (Phi) is 6.64. The van der Waals surface area contributed by atoms with Gasteiger partial charge in [-0.15, -0.1) is 0 Å². The van der Waals surface area contributed by atoms with E-state index >= 15 is 0 Å². The van der Waals surface area contributed by atoms with Gasteiger partial charge in [-0.2, -0.15) is 0 Å². The fourth-order valence-corrected chi connectivity index (χ4v) is 3.81. The first kappa shape index (κ1) is 19.7. The van der Waals surface area contributed by atoms with Gasteiger partial charge in [0, 0.05) is 45.7 Å². The Morgan fingerprint density at radius 3 is 2.52 bits per heavy atom. The van der Waals surface area contributed by atoms with Crippen LogP contribution in [0.3, 0.4) is 0 Å². The minimum absolute atomic E-state index is 0.250. The summed E-state index contributed by atoms with van der Waals surface area (Å²) in [6.45, 7) is 6.23. The van der Waals surface area contributed by atoms with Crippen molar-refractivity contribution in [2.24, 2.45) is 0 Å². The first-order chi connectivity index (χ1) is 14.3. The lowest BCUT2D eigenvalue weighted by atomic mass is 10.1. The van der Waals surface area contributed by atoms with Gasteiger partial charge >= 0.3 is 0 Å². The number of fused-ring (bicyclic) bond motifs is 1. The Morgan fingerprint density at radius 2 is 1.69 bits per heavy atom. The summed E-state index contributed by atoms with van der Waals surface area (Å²) in [5, 5.41) is 3.39. The third-order valence-corrected chi connectivity index (χ3v) is 5.52. The van der Waals surface area contributed by atoms with E-state index in [1.807, 2.05) is 17.0 Å². The quantitative estimate of drug-likeness (QED) is 0.695. The van der Waals surface area contributed by atoms with Gasteiger partial charge in [0.2, 0.25) is 12.7 Å². The summed E-state index contributed by atoms with van der Waals surface area (Å²) >= 11 is 0. The van der Waals surface area contributed by atoms with Crippen LogP contribution in [0.4, 0.5) is 0 Å². The van der Waals surface area contributed by atoms with Crippen molar-refractivity contribution in [3.63, 3.8) is 0 Å². The van der Waals surface area contributed by atoms with E-state index in [1.165, 1.54) is 11.1 Å². The normalized spacial score (nSPS) is 16.2. The monoisotopic (exact) mass is 395 g/mol. The zero-order valence-corrected chi connectivity index (χ0v) is 16.8. The van der Waals surface area contributed by atoms with Gasteiger partial charge < -0.3 is 19.7 Å². The van der Waals surface area contributed by atoms with Crippen molar-refractivity contribution in [3.8, 4) is 11.5 Å². The van der Waals surface area contributed by atoms with Gasteiger partial charge in [0.05, 0.1) is 0 Å². The summed E-state index contributed by atoms with van der Waals surface area (Å²) in [5.41, 5.74) is 2.54. The molecule has 0 bridgehead atoms. The van der Waals surface area contributed by atoms with E-state index in [4.69, 9.17) is 9.47 Å². The first-order valence-corrected chi connectivity index (χ1v) is 10.4. The molecule has 2 aromatic carbocycles. The number of hydrogen-bond donors (Lipinski definition) is 1. The molecule has 154 valence electrons. The highest BCUT2D eigenvalue weighted by molar-refractivity contribution is 5.76. The summed E-state index contributed by atoms with van der Waals surface area (Å²) < 4.78 is 10.8. The molecule has 0 aromatic heterocycles. The molecule has 2 aromatic rings. The van der Waals surface area contributed by atoms with E-state index in [1.54, 1.807) is 0 Å². The molecule has 2 aliphatic heterocycles. The Labute approximate surface area is 172 Å². The Morgan fingerprint density at radius 1 is 0.897 bits per heavy atom. The summed E-state index contributed by atoms with van der Waals surface area (Å²) in [6.07, 6.45) is 1.56. The largest absolute Gasteiger partial charge is 0.454 e. The molecule has 2 aliphatic rings. The fraction of sp³-hybridized carbons (Fsp3) is 0.435. The van der Waals surface area contributed by atoms with Crippen molar-refractivity contribution in [1.82, 2.24) is 15.1 Å². The lowest BCUT2D eigenvalue weighted by molar-refractivity contribution is -0.132. The molecule has 6 nitrogen and oxygen atoms in total. The topological polar surface area (TPSA) is 54.0 Å².